The number of ether oxygens (including phenoxy) is 2. The van der Waals surface area contributed by atoms with E-state index in [0.29, 0.717) is 31.6 Å². The van der Waals surface area contributed by atoms with Gasteiger partial charge >= 0.3 is 0 Å². The fourth-order valence-electron chi connectivity index (χ4n) is 3.16. The summed E-state index contributed by atoms with van der Waals surface area (Å²) in [6.45, 7) is 6.00. The van der Waals surface area contributed by atoms with E-state index in [2.05, 4.69) is 20.6 Å². The maximum atomic E-state index is 12.2. The third-order valence-corrected chi connectivity index (χ3v) is 4.77. The number of para-hydroxylation sites is 1. The van der Waals surface area contributed by atoms with E-state index in [1.807, 2.05) is 54.3 Å². The zero-order valence-corrected chi connectivity index (χ0v) is 20.8. The minimum Gasteiger partial charge on any atom is -0.490 e. The molecule has 0 radical (unpaired) electrons. The second kappa shape index (κ2) is 14.5. The summed E-state index contributed by atoms with van der Waals surface area (Å²) in [5.41, 5.74) is 0.955. The van der Waals surface area contributed by atoms with Gasteiger partial charge in [0, 0.05) is 31.9 Å². The first-order chi connectivity index (χ1) is 15.2. The van der Waals surface area contributed by atoms with E-state index in [-0.39, 0.29) is 36.4 Å². The molecule has 1 saturated heterocycles. The third-order valence-electron chi connectivity index (χ3n) is 4.77. The lowest BCUT2D eigenvalue weighted by Crippen LogP contribution is -2.44. The molecule has 1 aromatic carbocycles. The number of amides is 1. The zero-order chi connectivity index (χ0) is 21.7. The van der Waals surface area contributed by atoms with Crippen molar-refractivity contribution >= 4 is 35.8 Å². The van der Waals surface area contributed by atoms with Gasteiger partial charge in [0.2, 0.25) is 11.8 Å². The quantitative estimate of drug-likeness (QED) is 0.204. The number of rotatable bonds is 10. The number of carbonyl (C=O) groups is 1. The molecule has 174 valence electrons. The highest BCUT2D eigenvalue weighted by molar-refractivity contribution is 14.0. The van der Waals surface area contributed by atoms with Crippen LogP contribution in [-0.4, -0.2) is 61.1 Å². The Balaban J connectivity index is 0.00000363. The van der Waals surface area contributed by atoms with Crippen molar-refractivity contribution in [3.05, 3.63) is 54.2 Å². The van der Waals surface area contributed by atoms with Gasteiger partial charge in [-0.05, 0) is 37.5 Å². The Morgan fingerprint density at radius 3 is 2.50 bits per heavy atom. The fourth-order valence-corrected chi connectivity index (χ4v) is 3.16. The summed E-state index contributed by atoms with van der Waals surface area (Å²) < 4.78 is 11.2. The Hall–Kier alpha value is -2.56. The molecule has 1 aromatic heterocycles. The minimum absolute atomic E-state index is 0. The van der Waals surface area contributed by atoms with Gasteiger partial charge in [-0.2, -0.15) is 0 Å². The van der Waals surface area contributed by atoms with Crippen LogP contribution in [0.5, 0.6) is 11.6 Å². The van der Waals surface area contributed by atoms with Gasteiger partial charge < -0.3 is 25.0 Å². The van der Waals surface area contributed by atoms with Crippen molar-refractivity contribution in [3.63, 3.8) is 0 Å². The molecule has 0 aliphatic carbocycles. The third kappa shape index (κ3) is 8.89. The number of pyridine rings is 1. The molecule has 0 saturated carbocycles. The predicted octanol–water partition coefficient (Wildman–Crippen LogP) is 2.83. The number of halogens is 1. The highest BCUT2D eigenvalue weighted by Gasteiger charge is 2.17. The van der Waals surface area contributed by atoms with Crippen LogP contribution < -0.4 is 20.1 Å². The van der Waals surface area contributed by atoms with Gasteiger partial charge in [0.25, 0.3) is 0 Å². The second-order valence-corrected chi connectivity index (χ2v) is 7.15. The van der Waals surface area contributed by atoms with Crippen molar-refractivity contribution in [2.75, 3.05) is 39.4 Å². The first kappa shape index (κ1) is 25.7. The van der Waals surface area contributed by atoms with Crippen LogP contribution in [0.2, 0.25) is 0 Å². The van der Waals surface area contributed by atoms with Crippen LogP contribution in [0.4, 0.5) is 0 Å². The number of hydrogen-bond acceptors (Lipinski definition) is 5. The summed E-state index contributed by atoms with van der Waals surface area (Å²) in [4.78, 5) is 23.0. The maximum absolute atomic E-state index is 12.2. The molecule has 32 heavy (non-hydrogen) atoms. The Kier molecular flexibility index (Phi) is 11.6. The molecule has 2 aromatic rings. The van der Waals surface area contributed by atoms with Gasteiger partial charge in [-0.15, -0.1) is 24.0 Å². The molecule has 3 rings (SSSR count). The number of likely N-dealkylation sites (tertiary alicyclic amines) is 1. The standard InChI is InChI=1S/C23H31N5O3.HI/c1-2-24-23(27-18-22(29)28-12-6-7-13-28)26-17-19-10-11-21(25-16-19)31-15-14-30-20-8-4-3-5-9-20;/h3-5,8-11,16H,2,6-7,12-15,17-18H2,1H3,(H2,24,26,27);1H. The lowest BCUT2D eigenvalue weighted by atomic mass is 10.3. The van der Waals surface area contributed by atoms with Crippen molar-refractivity contribution in [2.24, 2.45) is 4.99 Å². The van der Waals surface area contributed by atoms with Crippen LogP contribution in [0.25, 0.3) is 0 Å². The van der Waals surface area contributed by atoms with E-state index < -0.39 is 0 Å². The van der Waals surface area contributed by atoms with Crippen LogP contribution in [0.3, 0.4) is 0 Å². The Morgan fingerprint density at radius 2 is 1.81 bits per heavy atom. The number of guanidine groups is 1. The zero-order valence-electron chi connectivity index (χ0n) is 18.5. The van der Waals surface area contributed by atoms with Gasteiger partial charge in [0.05, 0.1) is 13.1 Å². The van der Waals surface area contributed by atoms with Crippen molar-refractivity contribution in [2.45, 2.75) is 26.3 Å². The summed E-state index contributed by atoms with van der Waals surface area (Å²) in [5.74, 6) is 2.10. The Morgan fingerprint density at radius 1 is 1.06 bits per heavy atom. The Labute approximate surface area is 206 Å². The van der Waals surface area contributed by atoms with Gasteiger partial charge in [-0.25, -0.2) is 9.98 Å². The topological polar surface area (TPSA) is 88.1 Å². The lowest BCUT2D eigenvalue weighted by molar-refractivity contribution is -0.128. The van der Waals surface area contributed by atoms with E-state index in [1.165, 1.54) is 0 Å². The molecule has 1 aliphatic heterocycles. The van der Waals surface area contributed by atoms with Gasteiger partial charge in [0.15, 0.2) is 5.96 Å². The number of nitrogens with zero attached hydrogens (tertiary/aromatic N) is 3. The number of carbonyl (C=O) groups excluding carboxylic acids is 1. The molecule has 0 unspecified atom stereocenters. The fraction of sp³-hybridized carbons (Fsp3) is 0.435. The Bertz CT molecular complexity index is 827. The minimum atomic E-state index is 0. The SMILES string of the molecule is CCNC(=NCc1ccc(OCCOc2ccccc2)nc1)NCC(=O)N1CCCC1.I. The molecule has 1 amide bonds. The first-order valence-corrected chi connectivity index (χ1v) is 10.8. The molecular formula is C23H32IN5O3. The van der Waals surface area contributed by atoms with Crippen molar-refractivity contribution in [1.29, 1.82) is 0 Å². The largest absolute Gasteiger partial charge is 0.490 e. The van der Waals surface area contributed by atoms with Crippen LogP contribution in [0, 0.1) is 0 Å². The van der Waals surface area contributed by atoms with E-state index in [4.69, 9.17) is 9.47 Å². The van der Waals surface area contributed by atoms with E-state index in [9.17, 15) is 4.79 Å². The molecule has 8 nitrogen and oxygen atoms in total. The molecule has 1 fully saturated rings. The van der Waals surface area contributed by atoms with Crippen molar-refractivity contribution in [1.82, 2.24) is 20.5 Å². The number of aliphatic imine (C=N–C) groups is 1. The predicted molar refractivity (Wildman–Crippen MR) is 136 cm³/mol. The van der Waals surface area contributed by atoms with E-state index >= 15 is 0 Å². The summed E-state index contributed by atoms with van der Waals surface area (Å²) >= 11 is 0. The molecule has 1 aliphatic rings. The van der Waals surface area contributed by atoms with Crippen LogP contribution in [0.15, 0.2) is 53.7 Å². The maximum Gasteiger partial charge on any atom is 0.241 e. The molecular weight excluding hydrogens is 521 g/mol. The highest BCUT2D eigenvalue weighted by Crippen LogP contribution is 2.10. The van der Waals surface area contributed by atoms with Crippen LogP contribution in [0.1, 0.15) is 25.3 Å². The number of nitrogens with one attached hydrogen (secondary N) is 2. The monoisotopic (exact) mass is 553 g/mol. The molecule has 0 atom stereocenters. The first-order valence-electron chi connectivity index (χ1n) is 10.8. The van der Waals surface area contributed by atoms with Gasteiger partial charge in [0.1, 0.15) is 19.0 Å². The average Bonchev–Trinajstić information content (AvgIpc) is 3.35. The average molecular weight is 553 g/mol. The summed E-state index contributed by atoms with van der Waals surface area (Å²) in [5, 5.41) is 6.28. The van der Waals surface area contributed by atoms with Crippen LogP contribution >= 0.6 is 24.0 Å². The van der Waals surface area contributed by atoms with Crippen molar-refractivity contribution < 1.29 is 14.3 Å². The molecule has 2 N–H and O–H groups in total. The molecule has 0 spiro atoms. The summed E-state index contributed by atoms with van der Waals surface area (Å²) in [7, 11) is 0. The number of benzene rings is 1. The number of hydrogen-bond donors (Lipinski definition) is 2. The highest BCUT2D eigenvalue weighted by atomic mass is 127. The van der Waals surface area contributed by atoms with Crippen LogP contribution in [-0.2, 0) is 11.3 Å². The van der Waals surface area contributed by atoms with E-state index in [1.54, 1.807) is 6.20 Å². The number of aromatic nitrogens is 1. The second-order valence-electron chi connectivity index (χ2n) is 7.15. The van der Waals surface area contributed by atoms with Crippen molar-refractivity contribution in [3.8, 4) is 11.6 Å². The normalized spacial score (nSPS) is 13.3. The molecule has 2 heterocycles. The summed E-state index contributed by atoms with van der Waals surface area (Å²) in [6, 6.07) is 13.4. The molecule has 9 heteroatoms. The summed E-state index contributed by atoms with van der Waals surface area (Å²) in [6.07, 6.45) is 3.93. The van der Waals surface area contributed by atoms with Gasteiger partial charge in [-0.1, -0.05) is 24.3 Å². The van der Waals surface area contributed by atoms with E-state index in [0.717, 1.165) is 43.8 Å². The smallest absolute Gasteiger partial charge is 0.241 e. The lowest BCUT2D eigenvalue weighted by Gasteiger charge is -2.17. The molecule has 0 bridgehead atoms. The van der Waals surface area contributed by atoms with Gasteiger partial charge in [-0.3, -0.25) is 4.79 Å².